The van der Waals surface area contributed by atoms with Gasteiger partial charge in [0.2, 0.25) is 0 Å². The molecular formula is C14H21NO2. The number of piperidine rings is 1. The fraction of sp³-hybridized carbons (Fsp3) is 0.571. The predicted molar refractivity (Wildman–Crippen MR) is 68.7 cm³/mol. The van der Waals surface area contributed by atoms with Gasteiger partial charge in [-0.25, -0.2) is 0 Å². The Kier molecular flexibility index (Phi) is 4.26. The van der Waals surface area contributed by atoms with Gasteiger partial charge < -0.3 is 9.47 Å². The van der Waals surface area contributed by atoms with Gasteiger partial charge in [0, 0.05) is 12.1 Å². The van der Waals surface area contributed by atoms with Crippen LogP contribution in [0.15, 0.2) is 18.2 Å². The number of hydrogen-bond donors (Lipinski definition) is 0. The van der Waals surface area contributed by atoms with Crippen LogP contribution >= 0.6 is 0 Å². The van der Waals surface area contributed by atoms with Crippen LogP contribution in [0.25, 0.3) is 0 Å². The highest BCUT2D eigenvalue weighted by Gasteiger charge is 2.13. The number of rotatable bonds is 4. The number of ether oxygens (including phenoxy) is 2. The summed E-state index contributed by atoms with van der Waals surface area (Å²) in [5.41, 5.74) is 1.22. The van der Waals surface area contributed by atoms with Crippen molar-refractivity contribution in [2.24, 2.45) is 0 Å². The monoisotopic (exact) mass is 235 g/mol. The van der Waals surface area contributed by atoms with Crippen molar-refractivity contribution in [1.82, 2.24) is 4.90 Å². The summed E-state index contributed by atoms with van der Waals surface area (Å²) in [6.07, 6.45) is 3.99. The van der Waals surface area contributed by atoms with E-state index in [4.69, 9.17) is 9.47 Å². The van der Waals surface area contributed by atoms with Gasteiger partial charge in [0.25, 0.3) is 0 Å². The molecule has 0 unspecified atom stereocenters. The van der Waals surface area contributed by atoms with Gasteiger partial charge in [-0.3, -0.25) is 4.90 Å². The van der Waals surface area contributed by atoms with Crippen molar-refractivity contribution in [3.8, 4) is 11.5 Å². The van der Waals surface area contributed by atoms with Crippen molar-refractivity contribution in [2.45, 2.75) is 25.8 Å². The first-order chi connectivity index (χ1) is 8.33. The first-order valence-corrected chi connectivity index (χ1v) is 6.27. The largest absolute Gasteiger partial charge is 0.497 e. The Morgan fingerprint density at radius 2 is 1.82 bits per heavy atom. The molecule has 0 saturated carbocycles. The molecule has 1 aromatic carbocycles. The van der Waals surface area contributed by atoms with Crippen molar-refractivity contribution >= 4 is 0 Å². The highest BCUT2D eigenvalue weighted by atomic mass is 16.5. The molecule has 0 aromatic heterocycles. The highest BCUT2D eigenvalue weighted by Crippen LogP contribution is 2.26. The van der Waals surface area contributed by atoms with Crippen molar-refractivity contribution in [3.63, 3.8) is 0 Å². The molecule has 3 heteroatoms. The molecule has 0 amide bonds. The summed E-state index contributed by atoms with van der Waals surface area (Å²) in [5, 5.41) is 0. The fourth-order valence-corrected chi connectivity index (χ4v) is 2.36. The Morgan fingerprint density at radius 1 is 1.06 bits per heavy atom. The molecule has 0 spiro atoms. The van der Waals surface area contributed by atoms with E-state index in [2.05, 4.69) is 11.0 Å². The minimum atomic E-state index is 0.901. The molecule has 1 aliphatic heterocycles. The van der Waals surface area contributed by atoms with Crippen LogP contribution in [0.3, 0.4) is 0 Å². The average Bonchev–Trinajstić information content (AvgIpc) is 2.40. The van der Waals surface area contributed by atoms with Gasteiger partial charge in [0.1, 0.15) is 11.5 Å². The maximum atomic E-state index is 5.40. The second-order valence-electron chi connectivity index (χ2n) is 4.51. The third-order valence-corrected chi connectivity index (χ3v) is 3.33. The molecule has 1 fully saturated rings. The third kappa shape index (κ3) is 3.13. The van der Waals surface area contributed by atoms with E-state index in [1.807, 2.05) is 12.1 Å². The lowest BCUT2D eigenvalue weighted by Gasteiger charge is -2.27. The van der Waals surface area contributed by atoms with Gasteiger partial charge in [-0.05, 0) is 44.1 Å². The van der Waals surface area contributed by atoms with Crippen LogP contribution in [0.4, 0.5) is 0 Å². The topological polar surface area (TPSA) is 21.7 Å². The van der Waals surface area contributed by atoms with Crippen molar-refractivity contribution in [3.05, 3.63) is 23.8 Å². The Hall–Kier alpha value is -1.22. The van der Waals surface area contributed by atoms with Crippen molar-refractivity contribution in [2.75, 3.05) is 27.3 Å². The van der Waals surface area contributed by atoms with Gasteiger partial charge in [-0.15, -0.1) is 0 Å². The number of likely N-dealkylation sites (tertiary alicyclic amines) is 1. The lowest BCUT2D eigenvalue weighted by molar-refractivity contribution is 0.218. The summed E-state index contributed by atoms with van der Waals surface area (Å²) in [4.78, 5) is 2.49. The molecule has 1 aromatic rings. The molecule has 3 nitrogen and oxygen atoms in total. The first-order valence-electron chi connectivity index (χ1n) is 6.27. The molecule has 0 radical (unpaired) electrons. The van der Waals surface area contributed by atoms with Crippen LogP contribution in [0.5, 0.6) is 11.5 Å². The molecule has 2 rings (SSSR count). The highest BCUT2D eigenvalue weighted by molar-refractivity contribution is 5.40. The lowest BCUT2D eigenvalue weighted by atomic mass is 10.1. The summed E-state index contributed by atoms with van der Waals surface area (Å²) < 4.78 is 10.7. The van der Waals surface area contributed by atoms with E-state index >= 15 is 0 Å². The Balaban J connectivity index is 2.11. The molecular weight excluding hydrogens is 214 g/mol. The summed E-state index contributed by atoms with van der Waals surface area (Å²) >= 11 is 0. The predicted octanol–water partition coefficient (Wildman–Crippen LogP) is 2.69. The van der Waals surface area contributed by atoms with Crippen LogP contribution in [0, 0.1) is 0 Å². The Morgan fingerprint density at radius 3 is 2.47 bits per heavy atom. The molecule has 0 atom stereocenters. The quantitative estimate of drug-likeness (QED) is 0.801. The second kappa shape index (κ2) is 5.92. The standard InChI is InChI=1S/C14H21NO2/c1-16-13-6-7-14(17-2)12(10-13)11-15-8-4-3-5-9-15/h6-7,10H,3-5,8-9,11H2,1-2H3. The minimum absolute atomic E-state index is 0.901. The summed E-state index contributed by atoms with van der Waals surface area (Å²) in [6.45, 7) is 3.35. The van der Waals surface area contributed by atoms with E-state index in [9.17, 15) is 0 Å². The van der Waals surface area contributed by atoms with E-state index in [1.165, 1.54) is 37.9 Å². The van der Waals surface area contributed by atoms with Gasteiger partial charge >= 0.3 is 0 Å². The van der Waals surface area contributed by atoms with Crippen LogP contribution in [-0.2, 0) is 6.54 Å². The maximum Gasteiger partial charge on any atom is 0.123 e. The number of methoxy groups -OCH3 is 2. The molecule has 1 heterocycles. The molecule has 0 bridgehead atoms. The van der Waals surface area contributed by atoms with Gasteiger partial charge in [-0.1, -0.05) is 6.42 Å². The van der Waals surface area contributed by atoms with Crippen LogP contribution < -0.4 is 9.47 Å². The zero-order valence-electron chi connectivity index (χ0n) is 10.7. The first kappa shape index (κ1) is 12.2. The average molecular weight is 235 g/mol. The molecule has 0 aliphatic carbocycles. The second-order valence-corrected chi connectivity index (χ2v) is 4.51. The van der Waals surface area contributed by atoms with Crippen molar-refractivity contribution < 1.29 is 9.47 Å². The van der Waals surface area contributed by atoms with E-state index in [1.54, 1.807) is 14.2 Å². The summed E-state index contributed by atoms with van der Waals surface area (Å²) in [7, 11) is 3.42. The molecule has 94 valence electrons. The molecule has 1 aliphatic rings. The van der Waals surface area contributed by atoms with Gasteiger partial charge in [0.15, 0.2) is 0 Å². The molecule has 1 saturated heterocycles. The Bertz CT molecular complexity index is 359. The van der Waals surface area contributed by atoms with E-state index < -0.39 is 0 Å². The number of nitrogens with zero attached hydrogens (tertiary/aromatic N) is 1. The minimum Gasteiger partial charge on any atom is -0.497 e. The number of benzene rings is 1. The maximum absolute atomic E-state index is 5.40. The fourth-order valence-electron chi connectivity index (χ4n) is 2.36. The van der Waals surface area contributed by atoms with Crippen LogP contribution in [-0.4, -0.2) is 32.2 Å². The van der Waals surface area contributed by atoms with Gasteiger partial charge in [-0.2, -0.15) is 0 Å². The molecule has 0 N–H and O–H groups in total. The smallest absolute Gasteiger partial charge is 0.123 e. The van der Waals surface area contributed by atoms with Crippen LogP contribution in [0.2, 0.25) is 0 Å². The lowest BCUT2D eigenvalue weighted by Crippen LogP contribution is -2.29. The van der Waals surface area contributed by atoms with Crippen LogP contribution in [0.1, 0.15) is 24.8 Å². The zero-order chi connectivity index (χ0) is 12.1. The summed E-state index contributed by atoms with van der Waals surface area (Å²) in [6, 6.07) is 6.00. The summed E-state index contributed by atoms with van der Waals surface area (Å²) in [5.74, 6) is 1.86. The van der Waals surface area contributed by atoms with E-state index in [0.717, 1.165) is 18.0 Å². The van der Waals surface area contributed by atoms with Crippen molar-refractivity contribution in [1.29, 1.82) is 0 Å². The SMILES string of the molecule is COc1ccc(OC)c(CN2CCCCC2)c1. The third-order valence-electron chi connectivity index (χ3n) is 3.33. The zero-order valence-corrected chi connectivity index (χ0v) is 10.7. The normalized spacial score (nSPS) is 16.8. The van der Waals surface area contributed by atoms with E-state index in [0.29, 0.717) is 0 Å². The number of hydrogen-bond acceptors (Lipinski definition) is 3. The Labute approximate surface area is 103 Å². The molecule has 17 heavy (non-hydrogen) atoms. The van der Waals surface area contributed by atoms with E-state index in [-0.39, 0.29) is 0 Å². The van der Waals surface area contributed by atoms with Gasteiger partial charge in [0.05, 0.1) is 14.2 Å².